The lowest BCUT2D eigenvalue weighted by atomic mass is 10.1. The number of Topliss-reactive ketones (excluding diaryl/α,β-unsaturated/α-hetero) is 1. The van der Waals surface area contributed by atoms with Crippen LogP contribution in [0.2, 0.25) is 5.02 Å². The van der Waals surface area contributed by atoms with Crippen molar-refractivity contribution in [2.45, 2.75) is 6.92 Å². The Bertz CT molecular complexity index is 326. The van der Waals surface area contributed by atoms with E-state index in [1.54, 1.807) is 6.92 Å². The molecule has 13 heavy (non-hydrogen) atoms. The molecule has 0 bridgehead atoms. The van der Waals surface area contributed by atoms with Crippen LogP contribution in [0.1, 0.15) is 15.9 Å². The zero-order chi connectivity index (χ0) is 10.0. The number of alkyl halides is 1. The van der Waals surface area contributed by atoms with Gasteiger partial charge in [0, 0.05) is 0 Å². The van der Waals surface area contributed by atoms with Gasteiger partial charge in [-0.25, -0.2) is 8.78 Å². The molecule has 0 saturated heterocycles. The van der Waals surface area contributed by atoms with E-state index in [1.807, 2.05) is 0 Å². The zero-order valence-electron chi connectivity index (χ0n) is 6.90. The summed E-state index contributed by atoms with van der Waals surface area (Å²) < 4.78 is 25.0. The van der Waals surface area contributed by atoms with Crippen molar-refractivity contribution in [3.8, 4) is 0 Å². The number of rotatable bonds is 2. The van der Waals surface area contributed by atoms with Crippen molar-refractivity contribution in [3.63, 3.8) is 0 Å². The van der Waals surface area contributed by atoms with Crippen molar-refractivity contribution >= 4 is 17.4 Å². The number of aryl methyl sites for hydroxylation is 1. The third-order valence-electron chi connectivity index (χ3n) is 1.59. The van der Waals surface area contributed by atoms with Gasteiger partial charge in [-0.15, -0.1) is 0 Å². The van der Waals surface area contributed by atoms with Crippen LogP contribution in [0.15, 0.2) is 12.1 Å². The van der Waals surface area contributed by atoms with Crippen molar-refractivity contribution in [2.24, 2.45) is 0 Å². The summed E-state index contributed by atoms with van der Waals surface area (Å²) in [4.78, 5) is 10.9. The summed E-state index contributed by atoms with van der Waals surface area (Å²) >= 11 is 5.58. The molecule has 0 aliphatic carbocycles. The van der Waals surface area contributed by atoms with Gasteiger partial charge < -0.3 is 0 Å². The summed E-state index contributed by atoms with van der Waals surface area (Å²) in [5.74, 6) is -1.70. The predicted octanol–water partition coefficient (Wildman–Crippen LogP) is 2.94. The zero-order valence-corrected chi connectivity index (χ0v) is 7.66. The maximum Gasteiger partial charge on any atom is 0.198 e. The van der Waals surface area contributed by atoms with Crippen LogP contribution in [-0.2, 0) is 0 Å². The maximum absolute atomic E-state index is 13.1. The third kappa shape index (κ3) is 2.04. The molecule has 4 heteroatoms. The lowest BCUT2D eigenvalue weighted by Gasteiger charge is -2.03. The Morgan fingerprint density at radius 3 is 2.62 bits per heavy atom. The van der Waals surface area contributed by atoms with Gasteiger partial charge in [-0.3, -0.25) is 4.79 Å². The van der Waals surface area contributed by atoms with Gasteiger partial charge in [-0.1, -0.05) is 11.6 Å². The molecule has 0 N–H and O–H groups in total. The Labute approximate surface area is 79.3 Å². The first kappa shape index (κ1) is 10.1. The van der Waals surface area contributed by atoms with Crippen LogP contribution in [0, 0.1) is 12.7 Å². The van der Waals surface area contributed by atoms with Crippen molar-refractivity contribution in [1.82, 2.24) is 0 Å². The molecule has 0 spiro atoms. The average molecular weight is 205 g/mol. The fraction of sp³-hybridized carbons (Fsp3) is 0.222. The lowest BCUT2D eigenvalue weighted by Crippen LogP contribution is -2.05. The summed E-state index contributed by atoms with van der Waals surface area (Å²) in [5.41, 5.74) is 0.229. The maximum atomic E-state index is 13.1. The standard InChI is InChI=1S/C9H7ClF2O/c1-5-2-6(10)9(7(12)3-5)8(13)4-11/h2-3H,4H2,1H3. The fourth-order valence-electron chi connectivity index (χ4n) is 1.03. The van der Waals surface area contributed by atoms with E-state index in [9.17, 15) is 13.6 Å². The van der Waals surface area contributed by atoms with Gasteiger partial charge in [-0.05, 0) is 24.6 Å². The van der Waals surface area contributed by atoms with Gasteiger partial charge in [0.15, 0.2) is 12.5 Å². The van der Waals surface area contributed by atoms with E-state index in [4.69, 9.17) is 11.6 Å². The molecular weight excluding hydrogens is 198 g/mol. The van der Waals surface area contributed by atoms with E-state index < -0.39 is 18.3 Å². The first-order valence-electron chi connectivity index (χ1n) is 3.61. The highest BCUT2D eigenvalue weighted by Gasteiger charge is 2.15. The second-order valence-corrected chi connectivity index (χ2v) is 3.07. The van der Waals surface area contributed by atoms with Gasteiger partial charge in [0.25, 0.3) is 0 Å². The molecule has 0 atom stereocenters. The van der Waals surface area contributed by atoms with E-state index in [0.717, 1.165) is 6.07 Å². The number of hydrogen-bond acceptors (Lipinski definition) is 1. The Morgan fingerprint density at radius 1 is 1.54 bits per heavy atom. The van der Waals surface area contributed by atoms with E-state index in [1.165, 1.54) is 6.07 Å². The highest BCUT2D eigenvalue weighted by Crippen LogP contribution is 2.21. The second kappa shape index (κ2) is 3.83. The van der Waals surface area contributed by atoms with Gasteiger partial charge >= 0.3 is 0 Å². The molecule has 0 amide bonds. The van der Waals surface area contributed by atoms with Gasteiger partial charge in [0.1, 0.15) is 5.82 Å². The summed E-state index contributed by atoms with van der Waals surface area (Å²) in [6.07, 6.45) is 0. The molecule has 1 nitrogen and oxygen atoms in total. The van der Waals surface area contributed by atoms with Crippen LogP contribution in [-0.4, -0.2) is 12.5 Å². The third-order valence-corrected chi connectivity index (χ3v) is 1.88. The smallest absolute Gasteiger partial charge is 0.198 e. The number of halogens is 3. The van der Waals surface area contributed by atoms with Crippen LogP contribution >= 0.6 is 11.6 Å². The van der Waals surface area contributed by atoms with Crippen molar-refractivity contribution in [2.75, 3.05) is 6.67 Å². The molecule has 0 aromatic heterocycles. The lowest BCUT2D eigenvalue weighted by molar-refractivity contribution is 0.0955. The summed E-state index contributed by atoms with van der Waals surface area (Å²) in [6.45, 7) is 0.401. The van der Waals surface area contributed by atoms with Crippen LogP contribution in [0.25, 0.3) is 0 Å². The Hall–Kier alpha value is -0.960. The molecule has 0 radical (unpaired) electrons. The summed E-state index contributed by atoms with van der Waals surface area (Å²) in [6, 6.07) is 2.57. The monoisotopic (exact) mass is 204 g/mol. The molecule has 0 saturated carbocycles. The molecule has 0 aliphatic heterocycles. The first-order valence-corrected chi connectivity index (χ1v) is 3.99. The second-order valence-electron chi connectivity index (χ2n) is 2.66. The summed E-state index contributed by atoms with van der Waals surface area (Å²) in [5, 5.41) is -0.0415. The summed E-state index contributed by atoms with van der Waals surface area (Å²) in [7, 11) is 0. The van der Waals surface area contributed by atoms with Crippen molar-refractivity contribution in [1.29, 1.82) is 0 Å². The molecule has 0 aliphatic rings. The van der Waals surface area contributed by atoms with Crippen LogP contribution in [0.4, 0.5) is 8.78 Å². The molecule has 1 rings (SSSR count). The number of ketones is 1. The number of carbonyl (C=O) groups is 1. The first-order chi connectivity index (χ1) is 6.06. The molecule has 0 fully saturated rings. The Balaban J connectivity index is 3.28. The highest BCUT2D eigenvalue weighted by molar-refractivity contribution is 6.34. The van der Waals surface area contributed by atoms with Crippen LogP contribution < -0.4 is 0 Å². The molecule has 1 aromatic carbocycles. The van der Waals surface area contributed by atoms with Crippen molar-refractivity contribution < 1.29 is 13.6 Å². The minimum absolute atomic E-state index is 0.0415. The number of hydrogen-bond donors (Lipinski definition) is 0. The van der Waals surface area contributed by atoms with Crippen molar-refractivity contribution in [3.05, 3.63) is 34.1 Å². The number of carbonyl (C=O) groups excluding carboxylic acids is 1. The minimum Gasteiger partial charge on any atom is -0.291 e. The minimum atomic E-state index is -1.24. The normalized spacial score (nSPS) is 10.2. The molecule has 1 aromatic rings. The van der Waals surface area contributed by atoms with Gasteiger partial charge in [0.2, 0.25) is 0 Å². The Kier molecular flexibility index (Phi) is 2.98. The SMILES string of the molecule is Cc1cc(F)c(C(=O)CF)c(Cl)c1. The van der Waals surface area contributed by atoms with E-state index >= 15 is 0 Å². The number of benzene rings is 1. The van der Waals surface area contributed by atoms with Crippen LogP contribution in [0.3, 0.4) is 0 Å². The molecule has 0 heterocycles. The van der Waals surface area contributed by atoms with E-state index in [0.29, 0.717) is 5.56 Å². The predicted molar refractivity (Wildman–Crippen MR) is 46.5 cm³/mol. The van der Waals surface area contributed by atoms with E-state index in [2.05, 4.69) is 0 Å². The Morgan fingerprint density at radius 2 is 2.15 bits per heavy atom. The molecule has 0 unspecified atom stereocenters. The largest absolute Gasteiger partial charge is 0.291 e. The van der Waals surface area contributed by atoms with Gasteiger partial charge in [-0.2, -0.15) is 0 Å². The fourth-order valence-corrected chi connectivity index (χ4v) is 1.40. The topological polar surface area (TPSA) is 17.1 Å². The van der Waals surface area contributed by atoms with Crippen LogP contribution in [0.5, 0.6) is 0 Å². The quantitative estimate of drug-likeness (QED) is 0.677. The van der Waals surface area contributed by atoms with Gasteiger partial charge in [0.05, 0.1) is 10.6 Å². The molecule has 70 valence electrons. The van der Waals surface area contributed by atoms with E-state index in [-0.39, 0.29) is 10.6 Å². The highest BCUT2D eigenvalue weighted by atomic mass is 35.5. The molecular formula is C9H7ClF2O. The average Bonchev–Trinajstić information content (AvgIpc) is 2.02.